The Kier molecular flexibility index (Phi) is 3.88. The number of aromatic amines is 1. The number of hydrogen-bond acceptors (Lipinski definition) is 4. The first-order valence-corrected chi connectivity index (χ1v) is 9.66. The van der Waals surface area contributed by atoms with Gasteiger partial charge in [-0.25, -0.2) is 17.8 Å². The topological polar surface area (TPSA) is 79.0 Å². The van der Waals surface area contributed by atoms with Gasteiger partial charge in [-0.05, 0) is 49.9 Å². The van der Waals surface area contributed by atoms with Gasteiger partial charge >= 0.3 is 0 Å². The number of sulfonamides is 1. The molecule has 0 unspecified atom stereocenters. The molecule has 1 N–H and O–H groups in total. The second kappa shape index (κ2) is 5.93. The molecular formula is C16H19FN4O2S. The summed E-state index contributed by atoms with van der Waals surface area (Å²) >= 11 is 0. The minimum absolute atomic E-state index is 0.137. The summed E-state index contributed by atoms with van der Waals surface area (Å²) in [4.78, 5) is 4.71. The van der Waals surface area contributed by atoms with Crippen molar-refractivity contribution < 1.29 is 12.8 Å². The lowest BCUT2D eigenvalue weighted by Crippen LogP contribution is -2.38. The number of nitrogens with zero attached hydrogens (tertiary/aromatic N) is 3. The van der Waals surface area contributed by atoms with Crippen LogP contribution in [0.1, 0.15) is 49.2 Å². The molecule has 0 atom stereocenters. The van der Waals surface area contributed by atoms with E-state index in [0.29, 0.717) is 31.8 Å². The first kappa shape index (κ1) is 15.7. The van der Waals surface area contributed by atoms with Crippen molar-refractivity contribution in [2.24, 2.45) is 0 Å². The molecule has 1 saturated carbocycles. The van der Waals surface area contributed by atoms with Crippen LogP contribution in [0.4, 0.5) is 4.39 Å². The highest BCUT2D eigenvalue weighted by Crippen LogP contribution is 2.38. The molecule has 4 rings (SSSR count). The van der Waals surface area contributed by atoms with E-state index in [4.69, 9.17) is 0 Å². The molecule has 2 aromatic rings. The highest BCUT2D eigenvalue weighted by molar-refractivity contribution is 7.89. The second-order valence-corrected chi connectivity index (χ2v) is 8.42. The summed E-state index contributed by atoms with van der Waals surface area (Å²) in [5.41, 5.74) is 0. The predicted octanol–water partition coefficient (Wildman–Crippen LogP) is 2.39. The zero-order valence-electron chi connectivity index (χ0n) is 13.2. The Morgan fingerprint density at radius 2 is 1.71 bits per heavy atom. The van der Waals surface area contributed by atoms with Gasteiger partial charge in [0.05, 0.1) is 4.90 Å². The Balaban J connectivity index is 1.44. The van der Waals surface area contributed by atoms with Gasteiger partial charge in [0.25, 0.3) is 0 Å². The number of rotatable bonds is 4. The van der Waals surface area contributed by atoms with Crippen molar-refractivity contribution in [1.82, 2.24) is 19.5 Å². The number of benzene rings is 1. The van der Waals surface area contributed by atoms with Crippen molar-refractivity contribution in [3.63, 3.8) is 0 Å². The molecule has 1 aromatic heterocycles. The van der Waals surface area contributed by atoms with E-state index in [1.54, 1.807) is 0 Å². The second-order valence-electron chi connectivity index (χ2n) is 6.49. The fourth-order valence-electron chi connectivity index (χ4n) is 3.12. The summed E-state index contributed by atoms with van der Waals surface area (Å²) in [7, 11) is -3.56. The SMILES string of the molecule is O=S(=O)(c1ccc(F)cc1)N1CCC(c2nc(C3CC3)n[nH]2)CC1. The monoisotopic (exact) mass is 350 g/mol. The van der Waals surface area contributed by atoms with Gasteiger partial charge in [-0.2, -0.15) is 9.40 Å². The third-order valence-electron chi connectivity index (χ3n) is 4.75. The first-order valence-electron chi connectivity index (χ1n) is 8.22. The van der Waals surface area contributed by atoms with Gasteiger partial charge in [-0.1, -0.05) is 0 Å². The van der Waals surface area contributed by atoms with Crippen LogP contribution in [0.25, 0.3) is 0 Å². The van der Waals surface area contributed by atoms with Gasteiger partial charge in [0.2, 0.25) is 10.0 Å². The fourth-order valence-corrected chi connectivity index (χ4v) is 4.59. The van der Waals surface area contributed by atoms with Crippen LogP contribution < -0.4 is 0 Å². The van der Waals surface area contributed by atoms with Gasteiger partial charge < -0.3 is 0 Å². The number of nitrogens with one attached hydrogen (secondary N) is 1. The van der Waals surface area contributed by atoms with E-state index < -0.39 is 15.8 Å². The normalized spacial score (nSPS) is 20.4. The molecule has 1 aliphatic carbocycles. The summed E-state index contributed by atoms with van der Waals surface area (Å²) in [6.07, 6.45) is 3.73. The Labute approximate surface area is 140 Å². The number of halogens is 1. The zero-order chi connectivity index (χ0) is 16.7. The summed E-state index contributed by atoms with van der Waals surface area (Å²) in [6.45, 7) is 0.869. The van der Waals surface area contributed by atoms with Crippen LogP contribution in [-0.2, 0) is 10.0 Å². The zero-order valence-corrected chi connectivity index (χ0v) is 14.0. The highest BCUT2D eigenvalue weighted by Gasteiger charge is 2.33. The maximum Gasteiger partial charge on any atom is 0.243 e. The van der Waals surface area contributed by atoms with Crippen molar-refractivity contribution in [3.05, 3.63) is 41.7 Å². The Morgan fingerprint density at radius 3 is 2.33 bits per heavy atom. The molecule has 1 saturated heterocycles. The molecule has 24 heavy (non-hydrogen) atoms. The lowest BCUT2D eigenvalue weighted by molar-refractivity contribution is 0.313. The number of H-pyrrole nitrogens is 1. The van der Waals surface area contributed by atoms with E-state index in [1.165, 1.54) is 28.6 Å². The largest absolute Gasteiger partial charge is 0.263 e. The predicted molar refractivity (Wildman–Crippen MR) is 85.5 cm³/mol. The first-order chi connectivity index (χ1) is 11.5. The molecule has 2 heterocycles. The fraction of sp³-hybridized carbons (Fsp3) is 0.500. The van der Waals surface area contributed by atoms with Crippen molar-refractivity contribution in [3.8, 4) is 0 Å². The van der Waals surface area contributed by atoms with Crippen molar-refractivity contribution in [2.45, 2.75) is 42.4 Å². The Hall–Kier alpha value is -1.80. The van der Waals surface area contributed by atoms with E-state index in [2.05, 4.69) is 15.2 Å². The maximum atomic E-state index is 13.0. The van der Waals surface area contributed by atoms with E-state index in [-0.39, 0.29) is 10.8 Å². The molecule has 2 aliphatic rings. The lowest BCUT2D eigenvalue weighted by Gasteiger charge is -2.30. The van der Waals surface area contributed by atoms with Crippen LogP contribution >= 0.6 is 0 Å². The van der Waals surface area contributed by atoms with Crippen LogP contribution in [-0.4, -0.2) is 41.0 Å². The third kappa shape index (κ3) is 2.95. The Morgan fingerprint density at radius 1 is 1.04 bits per heavy atom. The van der Waals surface area contributed by atoms with Gasteiger partial charge in [-0.15, -0.1) is 0 Å². The van der Waals surface area contributed by atoms with Crippen LogP contribution in [0.2, 0.25) is 0 Å². The van der Waals surface area contributed by atoms with E-state index >= 15 is 0 Å². The molecule has 0 spiro atoms. The minimum atomic E-state index is -3.56. The van der Waals surface area contributed by atoms with E-state index in [9.17, 15) is 12.8 Å². The number of aromatic nitrogens is 3. The van der Waals surface area contributed by atoms with Gasteiger partial charge in [0.1, 0.15) is 11.6 Å². The Bertz CT molecular complexity index is 822. The smallest absolute Gasteiger partial charge is 0.243 e. The van der Waals surface area contributed by atoms with Crippen LogP contribution in [0.5, 0.6) is 0 Å². The van der Waals surface area contributed by atoms with Crippen molar-refractivity contribution >= 4 is 10.0 Å². The molecule has 8 heteroatoms. The maximum absolute atomic E-state index is 13.0. The summed E-state index contributed by atoms with van der Waals surface area (Å²) in [5, 5.41) is 7.29. The molecule has 0 amide bonds. The van der Waals surface area contributed by atoms with E-state index in [0.717, 1.165) is 24.5 Å². The van der Waals surface area contributed by atoms with Crippen LogP contribution in [0.3, 0.4) is 0 Å². The van der Waals surface area contributed by atoms with Crippen LogP contribution in [0, 0.1) is 5.82 Å². The van der Waals surface area contributed by atoms with Gasteiger partial charge in [0, 0.05) is 24.9 Å². The molecule has 0 bridgehead atoms. The van der Waals surface area contributed by atoms with Crippen LogP contribution in [0.15, 0.2) is 29.2 Å². The van der Waals surface area contributed by atoms with Crippen molar-refractivity contribution in [1.29, 1.82) is 0 Å². The van der Waals surface area contributed by atoms with Crippen molar-refractivity contribution in [2.75, 3.05) is 13.1 Å². The number of piperidine rings is 1. The average Bonchev–Trinajstić information content (AvgIpc) is 3.32. The molecule has 6 nitrogen and oxygen atoms in total. The average molecular weight is 350 g/mol. The van der Waals surface area contributed by atoms with E-state index in [1.807, 2.05) is 0 Å². The number of hydrogen-bond donors (Lipinski definition) is 1. The standard InChI is InChI=1S/C16H19FN4O2S/c17-13-3-5-14(6-4-13)24(22,23)21-9-7-12(8-10-21)16-18-15(19-20-16)11-1-2-11/h3-6,11-12H,1-2,7-10H2,(H,18,19,20). The van der Waals surface area contributed by atoms with Gasteiger partial charge in [0.15, 0.2) is 5.82 Å². The quantitative estimate of drug-likeness (QED) is 0.918. The molecule has 0 radical (unpaired) electrons. The molecule has 128 valence electrons. The minimum Gasteiger partial charge on any atom is -0.263 e. The molecular weight excluding hydrogens is 331 g/mol. The summed E-state index contributed by atoms with van der Waals surface area (Å²) < 4.78 is 39.7. The molecule has 1 aromatic carbocycles. The van der Waals surface area contributed by atoms with Gasteiger partial charge in [-0.3, -0.25) is 5.10 Å². The highest BCUT2D eigenvalue weighted by atomic mass is 32.2. The molecule has 1 aliphatic heterocycles. The third-order valence-corrected chi connectivity index (χ3v) is 6.67. The summed E-state index contributed by atoms with van der Waals surface area (Å²) in [6, 6.07) is 4.98. The molecule has 2 fully saturated rings. The summed E-state index contributed by atoms with van der Waals surface area (Å²) in [5.74, 6) is 2.05. The lowest BCUT2D eigenvalue weighted by atomic mass is 9.97.